The first-order valence-corrected chi connectivity index (χ1v) is 21.8. The van der Waals surface area contributed by atoms with Crippen LogP contribution < -0.4 is 0 Å². The summed E-state index contributed by atoms with van der Waals surface area (Å²) in [5, 5.41) is 0. The lowest BCUT2D eigenvalue weighted by Crippen LogP contribution is -2.48. The molecule has 0 bridgehead atoms. The van der Waals surface area contributed by atoms with Crippen LogP contribution in [0, 0.1) is 76.9 Å². The lowest BCUT2D eigenvalue weighted by Gasteiger charge is -2.57. The van der Waals surface area contributed by atoms with Crippen molar-refractivity contribution in [2.45, 2.75) is 187 Å². The highest BCUT2D eigenvalue weighted by Gasteiger charge is 2.52. The van der Waals surface area contributed by atoms with E-state index in [1.165, 1.54) is 109 Å². The first-order valence-electron chi connectivity index (χ1n) is 21.8. The van der Waals surface area contributed by atoms with E-state index in [0.717, 1.165) is 77.9 Å². The maximum Gasteiger partial charge on any atom is 0.309 e. The highest BCUT2D eigenvalue weighted by molar-refractivity contribution is 5.73. The molecule has 0 N–H and O–H groups in total. The van der Waals surface area contributed by atoms with Crippen molar-refractivity contribution in [1.82, 2.24) is 0 Å². The standard InChI is InChI=1S/C44H74O2/c1-2-3-4-5-6-7-8-9-10-11-14-20-46-44(45)42-19-15-18-33-23-36-26-39-27-37-24-34-21-31-16-12-13-17-32(31)22-35(34)25-38(37)28-40(39)29-41(36)30-43(33)42/h31-43H,2-30H2,1H3. The summed E-state index contributed by atoms with van der Waals surface area (Å²) in [6.07, 6.45) is 40.2. The number of carbonyl (C=O) groups is 1. The van der Waals surface area contributed by atoms with Crippen molar-refractivity contribution in [3.05, 3.63) is 0 Å². The van der Waals surface area contributed by atoms with Crippen molar-refractivity contribution in [2.75, 3.05) is 6.61 Å². The summed E-state index contributed by atoms with van der Waals surface area (Å²) < 4.78 is 6.03. The number of carbonyl (C=O) groups excluding carboxylic acids is 1. The maximum atomic E-state index is 13.5. The van der Waals surface area contributed by atoms with E-state index in [9.17, 15) is 4.79 Å². The van der Waals surface area contributed by atoms with Gasteiger partial charge in [0.25, 0.3) is 0 Å². The zero-order chi connectivity index (χ0) is 31.3. The molecule has 0 heterocycles. The maximum absolute atomic E-state index is 13.5. The van der Waals surface area contributed by atoms with E-state index in [1.54, 1.807) is 57.8 Å². The third-order valence-corrected chi connectivity index (χ3v) is 16.3. The fourth-order valence-corrected chi connectivity index (χ4v) is 13.9. The second-order valence-corrected chi connectivity index (χ2v) is 18.9. The van der Waals surface area contributed by atoms with Crippen LogP contribution in [0.3, 0.4) is 0 Å². The second-order valence-electron chi connectivity index (χ2n) is 18.9. The van der Waals surface area contributed by atoms with Crippen molar-refractivity contribution in [2.24, 2.45) is 76.9 Å². The van der Waals surface area contributed by atoms with E-state index in [2.05, 4.69) is 6.92 Å². The van der Waals surface area contributed by atoms with Crippen LogP contribution in [0.1, 0.15) is 187 Å². The number of rotatable bonds is 13. The van der Waals surface area contributed by atoms with Gasteiger partial charge in [-0.05, 0) is 148 Å². The van der Waals surface area contributed by atoms with Crippen LogP contribution in [-0.2, 0) is 9.53 Å². The Kier molecular flexibility index (Phi) is 12.1. The molecule has 0 amide bonds. The normalized spacial score (nSPS) is 43.2. The highest BCUT2D eigenvalue weighted by Crippen LogP contribution is 2.61. The molecule has 2 nitrogen and oxygen atoms in total. The van der Waals surface area contributed by atoms with Gasteiger partial charge in [-0.15, -0.1) is 0 Å². The predicted octanol–water partition coefficient (Wildman–Crippen LogP) is 12.6. The molecule has 0 aromatic carbocycles. The summed E-state index contributed by atoms with van der Waals surface area (Å²) in [6, 6.07) is 0. The number of ether oxygens (including phenoxy) is 1. The average molecular weight is 635 g/mol. The molecule has 46 heavy (non-hydrogen) atoms. The second kappa shape index (κ2) is 16.5. The van der Waals surface area contributed by atoms with Gasteiger partial charge in [-0.1, -0.05) is 110 Å². The molecule has 262 valence electrons. The van der Waals surface area contributed by atoms with Crippen molar-refractivity contribution >= 4 is 5.97 Å². The van der Waals surface area contributed by atoms with Crippen LogP contribution in [0.15, 0.2) is 0 Å². The smallest absolute Gasteiger partial charge is 0.309 e. The SMILES string of the molecule is CCCCCCCCCCCCCOC(=O)C1CCCC2CC3CC4CC5CC6CC7CCCCC7CC6CC5CC4CC3CC21. The van der Waals surface area contributed by atoms with Crippen molar-refractivity contribution in [3.63, 3.8) is 0 Å². The molecule has 0 aromatic rings. The molecule has 0 spiro atoms. The van der Waals surface area contributed by atoms with Gasteiger partial charge < -0.3 is 4.74 Å². The molecule has 13 unspecified atom stereocenters. The molecule has 7 saturated carbocycles. The summed E-state index contributed by atoms with van der Waals surface area (Å²) in [5.74, 6) is 12.3. The lowest BCUT2D eigenvalue weighted by atomic mass is 9.48. The first kappa shape index (κ1) is 33.9. The summed E-state index contributed by atoms with van der Waals surface area (Å²) in [5.41, 5.74) is 0. The molecule has 7 aliphatic carbocycles. The lowest BCUT2D eigenvalue weighted by molar-refractivity contribution is -0.156. The van der Waals surface area contributed by atoms with Gasteiger partial charge >= 0.3 is 5.97 Å². The number of fused-ring (bicyclic) bond motifs is 6. The molecule has 0 saturated heterocycles. The Hall–Kier alpha value is -0.530. The van der Waals surface area contributed by atoms with Gasteiger partial charge in [-0.2, -0.15) is 0 Å². The van der Waals surface area contributed by atoms with Crippen molar-refractivity contribution in [1.29, 1.82) is 0 Å². The predicted molar refractivity (Wildman–Crippen MR) is 191 cm³/mol. The van der Waals surface area contributed by atoms with Gasteiger partial charge in [0.2, 0.25) is 0 Å². The topological polar surface area (TPSA) is 26.3 Å². The van der Waals surface area contributed by atoms with Crippen LogP contribution in [0.2, 0.25) is 0 Å². The minimum atomic E-state index is 0.193. The highest BCUT2D eigenvalue weighted by atomic mass is 16.5. The van der Waals surface area contributed by atoms with E-state index in [1.807, 2.05) is 0 Å². The Morgan fingerprint density at radius 2 is 0.826 bits per heavy atom. The fourth-order valence-electron chi connectivity index (χ4n) is 13.9. The van der Waals surface area contributed by atoms with Gasteiger partial charge in [0.1, 0.15) is 0 Å². The third kappa shape index (κ3) is 8.09. The molecule has 13 atom stereocenters. The van der Waals surface area contributed by atoms with Gasteiger partial charge in [-0.25, -0.2) is 0 Å². The molecule has 7 fully saturated rings. The first-order chi connectivity index (χ1) is 22.7. The molecule has 7 aliphatic rings. The van der Waals surface area contributed by atoms with E-state index in [4.69, 9.17) is 4.74 Å². The zero-order valence-corrected chi connectivity index (χ0v) is 30.3. The van der Waals surface area contributed by atoms with E-state index in [0.29, 0.717) is 12.5 Å². The minimum Gasteiger partial charge on any atom is -0.465 e. The van der Waals surface area contributed by atoms with Crippen LogP contribution in [0.4, 0.5) is 0 Å². The third-order valence-electron chi connectivity index (χ3n) is 16.3. The van der Waals surface area contributed by atoms with E-state index in [-0.39, 0.29) is 11.9 Å². The Balaban J connectivity index is 0.841. The molecular formula is C44H74O2. The van der Waals surface area contributed by atoms with E-state index >= 15 is 0 Å². The van der Waals surface area contributed by atoms with Crippen LogP contribution >= 0.6 is 0 Å². The molecular weight excluding hydrogens is 560 g/mol. The summed E-state index contributed by atoms with van der Waals surface area (Å²) in [4.78, 5) is 13.5. The Labute approximate surface area is 285 Å². The summed E-state index contributed by atoms with van der Waals surface area (Å²) >= 11 is 0. The van der Waals surface area contributed by atoms with Crippen molar-refractivity contribution < 1.29 is 9.53 Å². The van der Waals surface area contributed by atoms with Gasteiger partial charge in [0, 0.05) is 0 Å². The molecule has 0 radical (unpaired) electrons. The van der Waals surface area contributed by atoms with Crippen LogP contribution in [0.5, 0.6) is 0 Å². The summed E-state index contributed by atoms with van der Waals surface area (Å²) in [6.45, 7) is 2.97. The summed E-state index contributed by atoms with van der Waals surface area (Å²) in [7, 11) is 0. The van der Waals surface area contributed by atoms with Gasteiger partial charge in [0.15, 0.2) is 0 Å². The number of hydrogen-bond donors (Lipinski definition) is 0. The zero-order valence-electron chi connectivity index (χ0n) is 30.3. The minimum absolute atomic E-state index is 0.193. The average Bonchev–Trinajstić information content (AvgIpc) is 3.07. The molecule has 0 aliphatic heterocycles. The van der Waals surface area contributed by atoms with Gasteiger partial charge in [0.05, 0.1) is 12.5 Å². The number of hydrogen-bond acceptors (Lipinski definition) is 2. The largest absolute Gasteiger partial charge is 0.465 e. The fraction of sp³-hybridized carbons (Fsp3) is 0.977. The Morgan fingerprint density at radius 1 is 0.435 bits per heavy atom. The number of unbranched alkanes of at least 4 members (excludes halogenated alkanes) is 10. The van der Waals surface area contributed by atoms with E-state index < -0.39 is 0 Å². The van der Waals surface area contributed by atoms with Crippen LogP contribution in [0.25, 0.3) is 0 Å². The Bertz CT molecular complexity index is 942. The molecule has 2 heteroatoms. The quantitative estimate of drug-likeness (QED) is 0.149. The molecule has 0 aromatic heterocycles. The molecule has 7 rings (SSSR count). The van der Waals surface area contributed by atoms with Crippen molar-refractivity contribution in [3.8, 4) is 0 Å². The number of esters is 1. The van der Waals surface area contributed by atoms with Crippen LogP contribution in [-0.4, -0.2) is 12.6 Å². The van der Waals surface area contributed by atoms with Gasteiger partial charge in [-0.3, -0.25) is 4.79 Å². The Morgan fingerprint density at radius 3 is 1.33 bits per heavy atom. The monoisotopic (exact) mass is 635 g/mol.